The van der Waals surface area contributed by atoms with E-state index in [0.717, 1.165) is 0 Å². The van der Waals surface area contributed by atoms with Crippen molar-refractivity contribution in [2.75, 3.05) is 6.61 Å². The van der Waals surface area contributed by atoms with Crippen LogP contribution in [0.15, 0.2) is 93.8 Å². The Hall–Kier alpha value is -4.11. The third kappa shape index (κ3) is 4.58. The highest BCUT2D eigenvalue weighted by Crippen LogP contribution is 2.36. The summed E-state index contributed by atoms with van der Waals surface area (Å²) in [6.07, 6.45) is 2.87. The lowest BCUT2D eigenvalue weighted by molar-refractivity contribution is -0.385. The van der Waals surface area contributed by atoms with Crippen LogP contribution < -0.4 is 10.3 Å². The molecule has 8 nitrogen and oxygen atoms in total. The molecule has 0 atom stereocenters. The molecule has 0 fully saturated rings. The highest BCUT2D eigenvalue weighted by atomic mass is 79.9. The summed E-state index contributed by atoms with van der Waals surface area (Å²) in [5.74, 6) is 0.446. The topological polar surface area (TPSA) is 99.6 Å². The van der Waals surface area contributed by atoms with Gasteiger partial charge in [-0.25, -0.2) is 4.98 Å². The Morgan fingerprint density at radius 1 is 1.15 bits per heavy atom. The Morgan fingerprint density at radius 2 is 1.88 bits per heavy atom. The maximum atomic E-state index is 13.2. The van der Waals surface area contributed by atoms with Gasteiger partial charge in [0.15, 0.2) is 5.82 Å². The van der Waals surface area contributed by atoms with Gasteiger partial charge in [0.1, 0.15) is 6.61 Å². The molecule has 0 aliphatic rings. The number of para-hydroxylation sites is 1. The molecule has 4 rings (SSSR count). The van der Waals surface area contributed by atoms with E-state index in [4.69, 9.17) is 4.74 Å². The number of nitro benzene ring substituents is 1. The minimum atomic E-state index is -0.542. The fraction of sp³-hybridized carbons (Fsp3) is 0.0417. The minimum Gasteiger partial charge on any atom is -0.482 e. The van der Waals surface area contributed by atoms with Gasteiger partial charge in [0, 0.05) is 17.2 Å². The van der Waals surface area contributed by atoms with E-state index >= 15 is 0 Å². The van der Waals surface area contributed by atoms with Crippen LogP contribution in [0.1, 0.15) is 5.56 Å². The number of fused-ring (bicyclic) bond motifs is 1. The van der Waals surface area contributed by atoms with Crippen molar-refractivity contribution in [1.82, 2.24) is 9.66 Å². The fourth-order valence-electron chi connectivity index (χ4n) is 3.22. The average Bonchev–Trinajstić information content (AvgIpc) is 2.83. The second-order valence-corrected chi connectivity index (χ2v) is 7.74. The molecule has 33 heavy (non-hydrogen) atoms. The number of hydrogen-bond acceptors (Lipinski definition) is 6. The van der Waals surface area contributed by atoms with Crippen LogP contribution in [0, 0.1) is 10.1 Å². The van der Waals surface area contributed by atoms with Crippen LogP contribution in [0.5, 0.6) is 5.75 Å². The van der Waals surface area contributed by atoms with Crippen molar-refractivity contribution in [3.8, 4) is 17.1 Å². The Morgan fingerprint density at radius 3 is 2.61 bits per heavy atom. The molecule has 0 aliphatic heterocycles. The van der Waals surface area contributed by atoms with Gasteiger partial charge in [-0.2, -0.15) is 9.78 Å². The summed E-state index contributed by atoms with van der Waals surface area (Å²) >= 11 is 3.31. The minimum absolute atomic E-state index is 0.0894. The maximum absolute atomic E-state index is 13.2. The molecule has 0 amide bonds. The second-order valence-electron chi connectivity index (χ2n) is 6.89. The Labute approximate surface area is 196 Å². The first kappa shape index (κ1) is 22.1. The monoisotopic (exact) mass is 504 g/mol. The predicted octanol–water partition coefficient (Wildman–Crippen LogP) is 5.18. The van der Waals surface area contributed by atoms with Crippen molar-refractivity contribution in [1.29, 1.82) is 0 Å². The summed E-state index contributed by atoms with van der Waals surface area (Å²) < 4.78 is 7.00. The zero-order chi connectivity index (χ0) is 23.4. The number of benzene rings is 3. The lowest BCUT2D eigenvalue weighted by atomic mass is 10.2. The molecule has 4 aromatic rings. The van der Waals surface area contributed by atoms with E-state index in [1.807, 2.05) is 36.4 Å². The first-order valence-electron chi connectivity index (χ1n) is 9.83. The van der Waals surface area contributed by atoms with Crippen LogP contribution in [-0.4, -0.2) is 27.4 Å². The fourth-order valence-corrected chi connectivity index (χ4v) is 3.81. The van der Waals surface area contributed by atoms with Gasteiger partial charge < -0.3 is 4.74 Å². The van der Waals surface area contributed by atoms with Gasteiger partial charge >= 0.3 is 5.69 Å². The highest BCUT2D eigenvalue weighted by molar-refractivity contribution is 9.10. The van der Waals surface area contributed by atoms with Crippen molar-refractivity contribution in [3.63, 3.8) is 0 Å². The summed E-state index contributed by atoms with van der Waals surface area (Å²) in [6.45, 7) is 3.67. The maximum Gasteiger partial charge on any atom is 0.312 e. The Balaban J connectivity index is 1.86. The first-order chi connectivity index (χ1) is 16.0. The van der Waals surface area contributed by atoms with Crippen LogP contribution in [-0.2, 0) is 0 Å². The summed E-state index contributed by atoms with van der Waals surface area (Å²) in [7, 11) is 0. The molecule has 1 aromatic heterocycles. The summed E-state index contributed by atoms with van der Waals surface area (Å²) in [6, 6.07) is 19.2. The number of halogens is 1. The second kappa shape index (κ2) is 9.58. The molecule has 0 unspecified atom stereocenters. The van der Waals surface area contributed by atoms with Crippen molar-refractivity contribution in [2.24, 2.45) is 5.10 Å². The SMILES string of the molecule is C=CCOc1c(Br)cc(C=Nn2c(-c3ccccc3)nc3ccccc3c2=O)cc1[N+](=O)[O-]. The van der Waals surface area contributed by atoms with Crippen LogP contribution in [0.25, 0.3) is 22.3 Å². The molecule has 9 heteroatoms. The molecule has 0 saturated carbocycles. The van der Waals surface area contributed by atoms with Crippen molar-refractivity contribution in [2.45, 2.75) is 0 Å². The van der Waals surface area contributed by atoms with Crippen molar-refractivity contribution in [3.05, 3.63) is 110 Å². The Bertz CT molecular complexity index is 1450. The zero-order valence-corrected chi connectivity index (χ0v) is 18.8. The number of aromatic nitrogens is 2. The van der Waals surface area contributed by atoms with E-state index in [-0.39, 0.29) is 23.6 Å². The lowest BCUT2D eigenvalue weighted by Crippen LogP contribution is -2.20. The zero-order valence-electron chi connectivity index (χ0n) is 17.2. The quantitative estimate of drug-likeness (QED) is 0.149. The van der Waals surface area contributed by atoms with E-state index in [1.54, 1.807) is 24.3 Å². The summed E-state index contributed by atoms with van der Waals surface area (Å²) in [4.78, 5) is 28.9. The number of hydrogen-bond donors (Lipinski definition) is 0. The first-order valence-corrected chi connectivity index (χ1v) is 10.6. The van der Waals surface area contributed by atoms with Crippen LogP contribution >= 0.6 is 15.9 Å². The van der Waals surface area contributed by atoms with Gasteiger partial charge in [-0.15, -0.1) is 0 Å². The van der Waals surface area contributed by atoms with Crippen LogP contribution in [0.2, 0.25) is 0 Å². The molecule has 3 aromatic carbocycles. The molecule has 0 saturated heterocycles. The molecule has 0 bridgehead atoms. The number of ether oxygens (including phenoxy) is 1. The van der Waals surface area contributed by atoms with Gasteiger partial charge in [0.25, 0.3) is 5.56 Å². The average molecular weight is 505 g/mol. The van der Waals surface area contributed by atoms with E-state index in [9.17, 15) is 14.9 Å². The van der Waals surface area contributed by atoms with Crippen molar-refractivity contribution >= 4 is 38.7 Å². The lowest BCUT2D eigenvalue weighted by Gasteiger charge is -2.10. The van der Waals surface area contributed by atoms with E-state index in [1.165, 1.54) is 23.0 Å². The molecule has 164 valence electrons. The molecule has 0 spiro atoms. The predicted molar refractivity (Wildman–Crippen MR) is 131 cm³/mol. The summed E-state index contributed by atoms with van der Waals surface area (Å²) in [5.41, 5.74) is 1.07. The molecule has 0 N–H and O–H groups in total. The molecular weight excluding hydrogens is 488 g/mol. The molecule has 0 aliphatic carbocycles. The largest absolute Gasteiger partial charge is 0.482 e. The van der Waals surface area contributed by atoms with Gasteiger partial charge in [-0.1, -0.05) is 55.1 Å². The van der Waals surface area contributed by atoms with Gasteiger partial charge in [-0.05, 0) is 34.1 Å². The van der Waals surface area contributed by atoms with E-state index in [0.29, 0.717) is 32.3 Å². The molecule has 1 heterocycles. The normalized spacial score (nSPS) is 11.1. The van der Waals surface area contributed by atoms with Gasteiger partial charge in [0.2, 0.25) is 5.75 Å². The third-order valence-corrected chi connectivity index (χ3v) is 5.29. The summed E-state index contributed by atoms with van der Waals surface area (Å²) in [5, 5.41) is 16.3. The smallest absolute Gasteiger partial charge is 0.312 e. The van der Waals surface area contributed by atoms with Gasteiger partial charge in [-0.3, -0.25) is 14.9 Å². The standard InChI is InChI=1S/C24H17BrN4O4/c1-2-12-33-22-19(25)13-16(14-21(22)29(31)32)15-26-28-23(17-8-4-3-5-9-17)27-20-11-7-6-10-18(20)24(28)30/h2-11,13-15H,1,12H2. The van der Waals surface area contributed by atoms with Gasteiger partial charge in [0.05, 0.1) is 26.5 Å². The van der Waals surface area contributed by atoms with Crippen LogP contribution in [0.4, 0.5) is 5.69 Å². The third-order valence-electron chi connectivity index (χ3n) is 4.70. The van der Waals surface area contributed by atoms with E-state index < -0.39 is 4.92 Å². The van der Waals surface area contributed by atoms with Crippen molar-refractivity contribution < 1.29 is 9.66 Å². The number of nitrogens with zero attached hydrogens (tertiary/aromatic N) is 4. The van der Waals surface area contributed by atoms with Crippen LogP contribution in [0.3, 0.4) is 0 Å². The number of nitro groups is 1. The highest BCUT2D eigenvalue weighted by Gasteiger charge is 2.20. The Kier molecular flexibility index (Phi) is 6.41. The molecule has 0 radical (unpaired) electrons. The van der Waals surface area contributed by atoms with E-state index in [2.05, 4.69) is 32.6 Å². The molecular formula is C24H17BrN4O4. The number of rotatable bonds is 7.